The molecule has 0 bridgehead atoms. The number of rotatable bonds is 5. The van der Waals surface area contributed by atoms with E-state index < -0.39 is 10.0 Å². The van der Waals surface area contributed by atoms with E-state index in [-0.39, 0.29) is 42.5 Å². The second-order valence-electron chi connectivity index (χ2n) is 8.36. The number of carbonyl (C=O) groups excluding carboxylic acids is 1. The number of nitrogens with zero attached hydrogens (tertiary/aromatic N) is 4. The third-order valence-electron chi connectivity index (χ3n) is 6.28. The van der Waals surface area contributed by atoms with Crippen molar-refractivity contribution in [1.29, 1.82) is 0 Å². The lowest BCUT2D eigenvalue weighted by Crippen LogP contribution is -2.50. The molecular weight excluding hydrogens is 480 g/mol. The second kappa shape index (κ2) is 9.56. The summed E-state index contributed by atoms with van der Waals surface area (Å²) in [4.78, 5) is 32.0. The number of fused-ring (bicyclic) bond motifs is 1. The zero-order valence-corrected chi connectivity index (χ0v) is 20.4. The Morgan fingerprint density at radius 3 is 2.22 bits per heavy atom. The minimum atomic E-state index is -3.66. The van der Waals surface area contributed by atoms with E-state index in [1.165, 1.54) is 34.4 Å². The lowest BCUT2D eigenvalue weighted by atomic mass is 10.1. The van der Waals surface area contributed by atoms with Gasteiger partial charge in [0.2, 0.25) is 10.0 Å². The van der Waals surface area contributed by atoms with Crippen LogP contribution < -0.4 is 10.3 Å². The van der Waals surface area contributed by atoms with Gasteiger partial charge in [0, 0.05) is 31.7 Å². The Labute approximate surface area is 208 Å². The molecule has 5 rings (SSSR count). The normalized spacial score (nSPS) is 14.6. The maximum Gasteiger partial charge on any atom is 0.265 e. The van der Waals surface area contributed by atoms with Crippen LogP contribution in [-0.2, 0) is 10.0 Å². The molecule has 1 aromatic heterocycles. The first-order valence-electron chi connectivity index (χ1n) is 11.4. The number of ether oxygens (including phenoxy) is 1. The topological polar surface area (TPSA) is 102 Å². The number of methoxy groups -OCH3 is 1. The van der Waals surface area contributed by atoms with Gasteiger partial charge in [-0.15, -0.1) is 0 Å². The summed E-state index contributed by atoms with van der Waals surface area (Å²) in [6, 6.07) is 20.1. The monoisotopic (exact) mass is 504 g/mol. The van der Waals surface area contributed by atoms with Crippen LogP contribution in [0.3, 0.4) is 0 Å². The first kappa shape index (κ1) is 23.7. The SMILES string of the molecule is COc1ccc(S(=O)(=O)N2CCN(C(=O)c3ccc(-n4cnc5ccccc5c4=O)cc3)CC2)cc1. The summed E-state index contributed by atoms with van der Waals surface area (Å²) < 4.78 is 33.9. The molecule has 1 aliphatic rings. The molecule has 0 N–H and O–H groups in total. The fourth-order valence-electron chi connectivity index (χ4n) is 4.23. The molecule has 0 atom stereocenters. The van der Waals surface area contributed by atoms with Crippen LogP contribution in [0.4, 0.5) is 0 Å². The zero-order valence-electron chi connectivity index (χ0n) is 19.6. The molecule has 1 fully saturated rings. The maximum atomic E-state index is 13.0. The molecule has 0 spiro atoms. The highest BCUT2D eigenvalue weighted by molar-refractivity contribution is 7.89. The molecule has 0 saturated carbocycles. The van der Waals surface area contributed by atoms with Crippen molar-refractivity contribution in [2.24, 2.45) is 0 Å². The Bertz CT molecular complexity index is 1570. The average molecular weight is 505 g/mol. The Kier molecular flexibility index (Phi) is 6.29. The van der Waals surface area contributed by atoms with Gasteiger partial charge in [-0.05, 0) is 60.7 Å². The van der Waals surface area contributed by atoms with E-state index in [1.54, 1.807) is 59.5 Å². The van der Waals surface area contributed by atoms with Crippen molar-refractivity contribution >= 4 is 26.8 Å². The molecule has 10 heteroatoms. The van der Waals surface area contributed by atoms with Gasteiger partial charge in [-0.1, -0.05) is 12.1 Å². The van der Waals surface area contributed by atoms with E-state index in [0.717, 1.165) is 0 Å². The molecule has 0 aliphatic carbocycles. The van der Waals surface area contributed by atoms with E-state index in [9.17, 15) is 18.0 Å². The largest absolute Gasteiger partial charge is 0.497 e. The summed E-state index contributed by atoms with van der Waals surface area (Å²) in [5.41, 5.74) is 1.50. The molecule has 2 heterocycles. The van der Waals surface area contributed by atoms with Crippen molar-refractivity contribution in [3.05, 3.63) is 95.0 Å². The van der Waals surface area contributed by atoms with Crippen molar-refractivity contribution in [2.75, 3.05) is 33.3 Å². The van der Waals surface area contributed by atoms with E-state index in [1.807, 2.05) is 6.07 Å². The molecule has 0 unspecified atom stereocenters. The number of hydrogen-bond acceptors (Lipinski definition) is 6. The van der Waals surface area contributed by atoms with Gasteiger partial charge in [0.15, 0.2) is 0 Å². The van der Waals surface area contributed by atoms with Gasteiger partial charge in [0.25, 0.3) is 11.5 Å². The summed E-state index contributed by atoms with van der Waals surface area (Å²) in [5, 5.41) is 0.516. The molecule has 4 aromatic rings. The van der Waals surface area contributed by atoms with E-state index in [4.69, 9.17) is 4.74 Å². The predicted octanol–water partition coefficient (Wildman–Crippen LogP) is 2.54. The number of amides is 1. The second-order valence-corrected chi connectivity index (χ2v) is 10.3. The van der Waals surface area contributed by atoms with Crippen molar-refractivity contribution in [3.63, 3.8) is 0 Å². The minimum Gasteiger partial charge on any atom is -0.497 e. The Balaban J connectivity index is 1.27. The van der Waals surface area contributed by atoms with Gasteiger partial charge in [-0.3, -0.25) is 14.2 Å². The fourth-order valence-corrected chi connectivity index (χ4v) is 5.65. The van der Waals surface area contributed by atoms with Gasteiger partial charge in [-0.2, -0.15) is 4.31 Å². The highest BCUT2D eigenvalue weighted by Gasteiger charge is 2.30. The Morgan fingerprint density at radius 1 is 0.889 bits per heavy atom. The first-order valence-corrected chi connectivity index (χ1v) is 12.8. The lowest BCUT2D eigenvalue weighted by Gasteiger charge is -2.34. The van der Waals surface area contributed by atoms with Crippen molar-refractivity contribution in [2.45, 2.75) is 4.90 Å². The predicted molar refractivity (Wildman–Crippen MR) is 135 cm³/mol. The highest BCUT2D eigenvalue weighted by Crippen LogP contribution is 2.21. The number of benzene rings is 3. The van der Waals surface area contributed by atoms with Crippen LogP contribution in [0, 0.1) is 0 Å². The van der Waals surface area contributed by atoms with Crippen LogP contribution in [0.2, 0.25) is 0 Å². The zero-order chi connectivity index (χ0) is 25.3. The van der Waals surface area contributed by atoms with Gasteiger partial charge in [0.1, 0.15) is 12.1 Å². The summed E-state index contributed by atoms with van der Waals surface area (Å²) >= 11 is 0. The summed E-state index contributed by atoms with van der Waals surface area (Å²) in [6.07, 6.45) is 1.48. The van der Waals surface area contributed by atoms with Crippen LogP contribution in [-0.4, -0.2) is 66.4 Å². The highest BCUT2D eigenvalue weighted by atomic mass is 32.2. The molecular formula is C26H24N4O5S. The minimum absolute atomic E-state index is 0.186. The number of sulfonamides is 1. The quantitative estimate of drug-likeness (QED) is 0.414. The van der Waals surface area contributed by atoms with Gasteiger partial charge < -0.3 is 9.64 Å². The van der Waals surface area contributed by atoms with Crippen LogP contribution in [0.5, 0.6) is 5.75 Å². The van der Waals surface area contributed by atoms with Gasteiger partial charge in [-0.25, -0.2) is 13.4 Å². The summed E-state index contributed by atoms with van der Waals surface area (Å²) in [6.45, 7) is 0.973. The third-order valence-corrected chi connectivity index (χ3v) is 8.19. The molecule has 9 nitrogen and oxygen atoms in total. The lowest BCUT2D eigenvalue weighted by molar-refractivity contribution is 0.0698. The van der Waals surface area contributed by atoms with Crippen LogP contribution in [0.1, 0.15) is 10.4 Å². The van der Waals surface area contributed by atoms with Gasteiger partial charge in [0.05, 0.1) is 28.6 Å². The Hall–Kier alpha value is -4.02. The standard InChI is InChI=1S/C26H24N4O5S/c1-35-21-10-12-22(13-11-21)36(33,34)29-16-14-28(15-17-29)25(31)19-6-8-20(9-7-19)30-18-27-24-5-3-2-4-23(24)26(30)32/h2-13,18H,14-17H2,1H3. The third kappa shape index (κ3) is 4.36. The molecule has 1 saturated heterocycles. The van der Waals surface area contributed by atoms with Crippen molar-refractivity contribution in [1.82, 2.24) is 18.8 Å². The Morgan fingerprint density at radius 2 is 1.56 bits per heavy atom. The number of aromatic nitrogens is 2. The molecule has 3 aromatic carbocycles. The van der Waals surface area contributed by atoms with Gasteiger partial charge >= 0.3 is 0 Å². The van der Waals surface area contributed by atoms with E-state index >= 15 is 0 Å². The summed E-state index contributed by atoms with van der Waals surface area (Å²) in [7, 11) is -2.13. The van der Waals surface area contributed by atoms with Crippen LogP contribution >= 0.6 is 0 Å². The average Bonchev–Trinajstić information content (AvgIpc) is 2.93. The van der Waals surface area contributed by atoms with Crippen LogP contribution in [0.25, 0.3) is 16.6 Å². The number of para-hydroxylation sites is 1. The smallest absolute Gasteiger partial charge is 0.265 e. The number of carbonyl (C=O) groups is 1. The summed E-state index contributed by atoms with van der Waals surface area (Å²) in [5.74, 6) is 0.393. The number of hydrogen-bond donors (Lipinski definition) is 0. The van der Waals surface area contributed by atoms with E-state index in [2.05, 4.69) is 4.98 Å². The van der Waals surface area contributed by atoms with Crippen molar-refractivity contribution in [3.8, 4) is 11.4 Å². The van der Waals surface area contributed by atoms with Crippen molar-refractivity contribution < 1.29 is 17.9 Å². The molecule has 1 aliphatic heterocycles. The number of piperazine rings is 1. The molecule has 1 amide bonds. The van der Waals surface area contributed by atoms with Crippen LogP contribution in [0.15, 0.2) is 88.8 Å². The fraction of sp³-hybridized carbons (Fsp3) is 0.192. The van der Waals surface area contributed by atoms with E-state index in [0.29, 0.717) is 27.9 Å². The first-order chi connectivity index (χ1) is 17.4. The molecule has 184 valence electrons. The maximum absolute atomic E-state index is 13.0. The molecule has 0 radical (unpaired) electrons. The molecule has 36 heavy (non-hydrogen) atoms.